The van der Waals surface area contributed by atoms with Crippen molar-refractivity contribution in [2.45, 2.75) is 52.6 Å². The van der Waals surface area contributed by atoms with Gasteiger partial charge in [0.2, 0.25) is 0 Å². The standard InChI is InChI=1S/C13H22OS/c1-9(2)8-11-6-7-12(15-11)13(4,5)10(3)14/h6-7,9-10,14H,8H2,1-5H3. The van der Waals surface area contributed by atoms with Crippen LogP contribution in [0.1, 0.15) is 44.4 Å². The van der Waals surface area contributed by atoms with E-state index < -0.39 is 0 Å². The van der Waals surface area contributed by atoms with E-state index in [1.54, 1.807) is 0 Å². The second kappa shape index (κ2) is 4.67. The summed E-state index contributed by atoms with van der Waals surface area (Å²) >= 11 is 1.84. The highest BCUT2D eigenvalue weighted by Crippen LogP contribution is 2.33. The fourth-order valence-electron chi connectivity index (χ4n) is 1.44. The molecule has 0 aliphatic carbocycles. The van der Waals surface area contributed by atoms with Crippen LogP contribution in [0.3, 0.4) is 0 Å². The summed E-state index contributed by atoms with van der Waals surface area (Å²) < 4.78 is 0. The smallest absolute Gasteiger partial charge is 0.0611 e. The normalized spacial score (nSPS) is 14.6. The molecule has 0 bridgehead atoms. The molecule has 0 radical (unpaired) electrons. The third-order valence-electron chi connectivity index (χ3n) is 2.95. The second-order valence-corrected chi connectivity index (χ2v) is 6.43. The molecule has 1 aromatic rings. The van der Waals surface area contributed by atoms with Gasteiger partial charge in [-0.15, -0.1) is 11.3 Å². The summed E-state index contributed by atoms with van der Waals surface area (Å²) in [5, 5.41) is 9.73. The van der Waals surface area contributed by atoms with Gasteiger partial charge in [0.1, 0.15) is 0 Å². The molecule has 1 unspecified atom stereocenters. The van der Waals surface area contributed by atoms with Gasteiger partial charge >= 0.3 is 0 Å². The maximum absolute atomic E-state index is 9.73. The van der Waals surface area contributed by atoms with Crippen LogP contribution in [0.5, 0.6) is 0 Å². The first-order valence-corrected chi connectivity index (χ1v) is 6.43. The van der Waals surface area contributed by atoms with Crippen molar-refractivity contribution in [2.75, 3.05) is 0 Å². The molecule has 1 aromatic heterocycles. The van der Waals surface area contributed by atoms with Crippen molar-refractivity contribution in [3.8, 4) is 0 Å². The van der Waals surface area contributed by atoms with Crippen molar-refractivity contribution < 1.29 is 5.11 Å². The van der Waals surface area contributed by atoms with Crippen molar-refractivity contribution in [3.05, 3.63) is 21.9 Å². The first kappa shape index (κ1) is 12.7. The Labute approximate surface area is 97.2 Å². The Hall–Kier alpha value is -0.340. The van der Waals surface area contributed by atoms with Gasteiger partial charge in [0.25, 0.3) is 0 Å². The van der Waals surface area contributed by atoms with Crippen LogP contribution in [-0.2, 0) is 11.8 Å². The molecule has 1 atom stereocenters. The summed E-state index contributed by atoms with van der Waals surface area (Å²) in [5.41, 5.74) is -0.125. The van der Waals surface area contributed by atoms with Gasteiger partial charge in [-0.05, 0) is 31.4 Å². The lowest BCUT2D eigenvalue weighted by molar-refractivity contribution is 0.120. The number of thiophene rings is 1. The maximum atomic E-state index is 9.73. The molecule has 1 rings (SSSR count). The lowest BCUT2D eigenvalue weighted by Gasteiger charge is -2.26. The van der Waals surface area contributed by atoms with Crippen LogP contribution in [-0.4, -0.2) is 11.2 Å². The Morgan fingerprint density at radius 1 is 1.27 bits per heavy atom. The Bertz CT molecular complexity index is 310. The lowest BCUT2D eigenvalue weighted by atomic mass is 9.86. The van der Waals surface area contributed by atoms with E-state index in [9.17, 15) is 5.11 Å². The van der Waals surface area contributed by atoms with Gasteiger partial charge in [0.15, 0.2) is 0 Å². The summed E-state index contributed by atoms with van der Waals surface area (Å²) in [6, 6.07) is 4.36. The molecule has 0 aromatic carbocycles. The second-order valence-electron chi connectivity index (χ2n) is 5.26. The third-order valence-corrected chi connectivity index (χ3v) is 4.40. The number of aliphatic hydroxyl groups is 1. The summed E-state index contributed by atoms with van der Waals surface area (Å²) in [6.07, 6.45) is 0.837. The molecule has 2 heteroatoms. The van der Waals surface area contributed by atoms with Gasteiger partial charge in [-0.2, -0.15) is 0 Å². The number of hydrogen-bond acceptors (Lipinski definition) is 2. The van der Waals surface area contributed by atoms with Crippen LogP contribution < -0.4 is 0 Å². The Morgan fingerprint density at radius 2 is 1.87 bits per heavy atom. The Morgan fingerprint density at radius 3 is 2.33 bits per heavy atom. The minimum atomic E-state index is -0.303. The van der Waals surface area contributed by atoms with Crippen LogP contribution in [0.4, 0.5) is 0 Å². The fraction of sp³-hybridized carbons (Fsp3) is 0.692. The van der Waals surface area contributed by atoms with Crippen molar-refractivity contribution in [3.63, 3.8) is 0 Å². The molecule has 1 heterocycles. The van der Waals surface area contributed by atoms with Crippen LogP contribution in [0, 0.1) is 5.92 Å². The van der Waals surface area contributed by atoms with E-state index in [1.165, 1.54) is 9.75 Å². The van der Waals surface area contributed by atoms with E-state index in [1.807, 2.05) is 18.3 Å². The van der Waals surface area contributed by atoms with E-state index in [-0.39, 0.29) is 11.5 Å². The number of rotatable bonds is 4. The molecular weight excluding hydrogens is 204 g/mol. The predicted molar refractivity (Wildman–Crippen MR) is 67.6 cm³/mol. The van der Waals surface area contributed by atoms with Crippen molar-refractivity contribution in [1.82, 2.24) is 0 Å². The van der Waals surface area contributed by atoms with Gasteiger partial charge in [0, 0.05) is 15.2 Å². The number of hydrogen-bond donors (Lipinski definition) is 1. The molecule has 15 heavy (non-hydrogen) atoms. The first-order chi connectivity index (χ1) is 6.84. The molecular formula is C13H22OS. The average molecular weight is 226 g/mol. The van der Waals surface area contributed by atoms with Crippen molar-refractivity contribution >= 4 is 11.3 Å². The zero-order valence-electron chi connectivity index (χ0n) is 10.4. The van der Waals surface area contributed by atoms with Crippen molar-refractivity contribution in [2.24, 2.45) is 5.92 Å². The minimum Gasteiger partial charge on any atom is -0.392 e. The highest BCUT2D eigenvalue weighted by Gasteiger charge is 2.27. The largest absolute Gasteiger partial charge is 0.392 e. The molecule has 0 aliphatic rings. The molecule has 1 nitrogen and oxygen atoms in total. The molecule has 86 valence electrons. The van der Waals surface area contributed by atoms with Crippen LogP contribution in [0.2, 0.25) is 0 Å². The van der Waals surface area contributed by atoms with E-state index in [0.29, 0.717) is 5.92 Å². The predicted octanol–water partition coefficient (Wildman–Crippen LogP) is 3.61. The SMILES string of the molecule is CC(C)Cc1ccc(C(C)(C)C(C)O)s1. The molecule has 0 spiro atoms. The summed E-state index contributed by atoms with van der Waals surface area (Å²) in [6.45, 7) is 10.5. The van der Waals surface area contributed by atoms with E-state index in [0.717, 1.165) is 6.42 Å². The van der Waals surface area contributed by atoms with E-state index in [4.69, 9.17) is 0 Å². The summed E-state index contributed by atoms with van der Waals surface area (Å²) in [4.78, 5) is 2.71. The van der Waals surface area contributed by atoms with E-state index in [2.05, 4.69) is 39.8 Å². The van der Waals surface area contributed by atoms with Gasteiger partial charge in [0.05, 0.1) is 6.10 Å². The monoisotopic (exact) mass is 226 g/mol. The zero-order valence-corrected chi connectivity index (χ0v) is 11.2. The molecule has 0 aliphatic heterocycles. The van der Waals surface area contributed by atoms with Gasteiger partial charge < -0.3 is 5.11 Å². The fourth-order valence-corrected chi connectivity index (χ4v) is 2.85. The highest BCUT2D eigenvalue weighted by molar-refractivity contribution is 7.12. The van der Waals surface area contributed by atoms with Gasteiger partial charge in [-0.25, -0.2) is 0 Å². The van der Waals surface area contributed by atoms with Crippen LogP contribution in [0.15, 0.2) is 12.1 Å². The topological polar surface area (TPSA) is 20.2 Å². The van der Waals surface area contributed by atoms with Crippen molar-refractivity contribution in [1.29, 1.82) is 0 Å². The highest BCUT2D eigenvalue weighted by atomic mass is 32.1. The Balaban J connectivity index is 2.84. The number of aliphatic hydroxyl groups excluding tert-OH is 1. The summed E-state index contributed by atoms with van der Waals surface area (Å²) in [7, 11) is 0. The molecule has 1 N–H and O–H groups in total. The van der Waals surface area contributed by atoms with Crippen LogP contribution in [0.25, 0.3) is 0 Å². The van der Waals surface area contributed by atoms with Gasteiger partial charge in [-0.3, -0.25) is 0 Å². The third kappa shape index (κ3) is 3.05. The molecule has 0 amide bonds. The first-order valence-electron chi connectivity index (χ1n) is 5.61. The lowest BCUT2D eigenvalue weighted by Crippen LogP contribution is -2.29. The maximum Gasteiger partial charge on any atom is 0.0611 e. The van der Waals surface area contributed by atoms with E-state index >= 15 is 0 Å². The quantitative estimate of drug-likeness (QED) is 0.831. The molecule has 0 saturated carbocycles. The molecule has 0 fully saturated rings. The summed E-state index contributed by atoms with van der Waals surface area (Å²) in [5.74, 6) is 0.700. The minimum absolute atomic E-state index is 0.125. The Kier molecular flexibility index (Phi) is 3.96. The average Bonchev–Trinajstić information content (AvgIpc) is 2.51. The molecule has 0 saturated heterocycles. The van der Waals surface area contributed by atoms with Crippen LogP contribution >= 0.6 is 11.3 Å². The zero-order chi connectivity index (χ0) is 11.6. The van der Waals surface area contributed by atoms with Gasteiger partial charge in [-0.1, -0.05) is 27.7 Å².